The second kappa shape index (κ2) is 5.28. The van der Waals surface area contributed by atoms with Gasteiger partial charge in [0.25, 0.3) is 0 Å². The smallest absolute Gasteiger partial charge is 0.161 e. The van der Waals surface area contributed by atoms with E-state index >= 15 is 0 Å². The van der Waals surface area contributed by atoms with E-state index in [-0.39, 0.29) is 5.56 Å². The van der Waals surface area contributed by atoms with E-state index in [1.807, 2.05) is 0 Å². The summed E-state index contributed by atoms with van der Waals surface area (Å²) in [4.78, 5) is -1.26. The Morgan fingerprint density at radius 1 is 0.737 bits per heavy atom. The van der Waals surface area contributed by atoms with Crippen LogP contribution in [0.1, 0.15) is 16.0 Å². The van der Waals surface area contributed by atoms with Gasteiger partial charge < -0.3 is 0 Å². The molecule has 0 spiro atoms. The van der Waals surface area contributed by atoms with Gasteiger partial charge in [-0.25, -0.2) is 22.0 Å². The molecule has 0 saturated carbocycles. The van der Waals surface area contributed by atoms with Crippen molar-refractivity contribution >= 4 is 15.9 Å². The highest BCUT2D eigenvalue weighted by molar-refractivity contribution is 9.09. The van der Waals surface area contributed by atoms with Crippen molar-refractivity contribution in [2.24, 2.45) is 0 Å². The van der Waals surface area contributed by atoms with E-state index < -0.39 is 39.5 Å². The van der Waals surface area contributed by atoms with Gasteiger partial charge in [0.15, 0.2) is 11.6 Å². The van der Waals surface area contributed by atoms with Crippen LogP contribution in [0.15, 0.2) is 30.3 Å². The predicted octanol–water partition coefficient (Wildman–Crippen LogP) is 4.87. The maximum absolute atomic E-state index is 13.5. The molecule has 19 heavy (non-hydrogen) atoms. The fraction of sp³-hybridized carbons (Fsp3) is 0.0769. The van der Waals surface area contributed by atoms with Crippen molar-refractivity contribution in [1.29, 1.82) is 0 Å². The van der Waals surface area contributed by atoms with Crippen molar-refractivity contribution in [3.63, 3.8) is 0 Å². The van der Waals surface area contributed by atoms with E-state index in [4.69, 9.17) is 0 Å². The van der Waals surface area contributed by atoms with Crippen LogP contribution in [-0.4, -0.2) is 0 Å². The van der Waals surface area contributed by atoms with Crippen LogP contribution in [0.25, 0.3) is 0 Å². The van der Waals surface area contributed by atoms with Gasteiger partial charge in [0.1, 0.15) is 17.5 Å². The molecule has 0 bridgehead atoms. The highest BCUT2D eigenvalue weighted by Gasteiger charge is 2.23. The minimum Gasteiger partial charge on any atom is -0.207 e. The van der Waals surface area contributed by atoms with E-state index in [2.05, 4.69) is 15.9 Å². The molecule has 2 aromatic carbocycles. The van der Waals surface area contributed by atoms with Crippen LogP contribution in [0.5, 0.6) is 0 Å². The Morgan fingerprint density at radius 2 is 1.26 bits per heavy atom. The lowest BCUT2D eigenvalue weighted by atomic mass is 10.0. The lowest BCUT2D eigenvalue weighted by Gasteiger charge is -2.14. The first kappa shape index (κ1) is 14.0. The summed E-state index contributed by atoms with van der Waals surface area (Å²) >= 11 is 2.90. The number of hydrogen-bond acceptors (Lipinski definition) is 0. The summed E-state index contributed by atoms with van der Waals surface area (Å²) in [7, 11) is 0. The van der Waals surface area contributed by atoms with Gasteiger partial charge in [0.2, 0.25) is 0 Å². The zero-order valence-electron chi connectivity index (χ0n) is 9.23. The molecule has 0 amide bonds. The molecule has 1 atom stereocenters. The Hall–Kier alpha value is -1.43. The molecule has 0 aromatic heterocycles. The molecule has 0 fully saturated rings. The van der Waals surface area contributed by atoms with Gasteiger partial charge >= 0.3 is 0 Å². The van der Waals surface area contributed by atoms with Crippen LogP contribution in [0.2, 0.25) is 0 Å². The van der Waals surface area contributed by atoms with E-state index in [0.717, 1.165) is 18.2 Å². The lowest BCUT2D eigenvalue weighted by Crippen LogP contribution is -2.04. The number of alkyl halides is 1. The summed E-state index contributed by atoms with van der Waals surface area (Å²) in [6.07, 6.45) is 0. The minimum atomic E-state index is -1.37. The third-order valence-corrected chi connectivity index (χ3v) is 3.52. The lowest BCUT2D eigenvalue weighted by molar-refractivity contribution is 0.489. The van der Waals surface area contributed by atoms with Crippen LogP contribution in [0.3, 0.4) is 0 Å². The third-order valence-electron chi connectivity index (χ3n) is 2.57. The van der Waals surface area contributed by atoms with Gasteiger partial charge in [-0.3, -0.25) is 0 Å². The second-order valence-corrected chi connectivity index (χ2v) is 4.70. The molecule has 0 radical (unpaired) electrons. The predicted molar refractivity (Wildman–Crippen MR) is 63.4 cm³/mol. The third kappa shape index (κ3) is 2.63. The molecule has 0 N–H and O–H groups in total. The van der Waals surface area contributed by atoms with Crippen LogP contribution in [-0.2, 0) is 0 Å². The van der Waals surface area contributed by atoms with E-state index in [1.165, 1.54) is 0 Å². The Kier molecular flexibility index (Phi) is 3.89. The summed E-state index contributed by atoms with van der Waals surface area (Å²) in [6.45, 7) is 0. The highest BCUT2D eigenvalue weighted by Crippen LogP contribution is 2.36. The SMILES string of the molecule is Fc1cc(F)c(C(Br)c2c(F)cccc2F)cc1F. The Balaban J connectivity index is 2.56. The van der Waals surface area contributed by atoms with Gasteiger partial charge in [0, 0.05) is 17.2 Å². The summed E-state index contributed by atoms with van der Waals surface area (Å²) in [5.41, 5.74) is -0.852. The molecule has 0 aliphatic carbocycles. The normalized spacial score (nSPS) is 12.5. The molecule has 1 unspecified atom stereocenters. The molecule has 2 rings (SSSR count). The molecule has 100 valence electrons. The average molecular weight is 337 g/mol. The van der Waals surface area contributed by atoms with Crippen LogP contribution in [0, 0.1) is 29.1 Å². The summed E-state index contributed by atoms with van der Waals surface area (Å²) in [6, 6.07) is 4.03. The van der Waals surface area contributed by atoms with Gasteiger partial charge in [-0.05, 0) is 18.2 Å². The second-order valence-electron chi connectivity index (χ2n) is 3.79. The molecule has 0 heterocycles. The fourth-order valence-corrected chi connectivity index (χ4v) is 2.43. The highest BCUT2D eigenvalue weighted by atomic mass is 79.9. The maximum Gasteiger partial charge on any atom is 0.161 e. The zero-order valence-corrected chi connectivity index (χ0v) is 10.8. The molecule has 0 saturated heterocycles. The number of rotatable bonds is 2. The fourth-order valence-electron chi connectivity index (χ4n) is 1.64. The van der Waals surface area contributed by atoms with E-state index in [1.54, 1.807) is 0 Å². The molecule has 6 heteroatoms. The molecule has 0 aliphatic heterocycles. The quantitative estimate of drug-likeness (QED) is 0.417. The van der Waals surface area contributed by atoms with E-state index in [9.17, 15) is 22.0 Å². The summed E-state index contributed by atoms with van der Waals surface area (Å²) in [5, 5.41) is 0. The minimum absolute atomic E-state index is 0.331. The largest absolute Gasteiger partial charge is 0.207 e. The summed E-state index contributed by atoms with van der Waals surface area (Å²) in [5.74, 6) is -5.58. The van der Waals surface area contributed by atoms with Gasteiger partial charge in [0.05, 0.1) is 4.83 Å². The number of hydrogen-bond donors (Lipinski definition) is 0. The average Bonchev–Trinajstić information content (AvgIpc) is 2.33. The molecule has 0 aliphatic rings. The van der Waals surface area contributed by atoms with Gasteiger partial charge in [-0.15, -0.1) is 0 Å². The Morgan fingerprint density at radius 3 is 1.84 bits per heavy atom. The zero-order chi connectivity index (χ0) is 14.2. The van der Waals surface area contributed by atoms with Crippen molar-refractivity contribution < 1.29 is 22.0 Å². The first-order valence-corrected chi connectivity index (χ1v) is 6.05. The van der Waals surface area contributed by atoms with Crippen LogP contribution < -0.4 is 0 Å². The van der Waals surface area contributed by atoms with Crippen molar-refractivity contribution in [3.8, 4) is 0 Å². The van der Waals surface area contributed by atoms with Gasteiger partial charge in [-0.2, -0.15) is 0 Å². The number of halogens is 6. The van der Waals surface area contributed by atoms with E-state index in [0.29, 0.717) is 12.1 Å². The number of benzene rings is 2. The van der Waals surface area contributed by atoms with Crippen LogP contribution in [0.4, 0.5) is 22.0 Å². The van der Waals surface area contributed by atoms with Crippen molar-refractivity contribution in [3.05, 3.63) is 70.5 Å². The Labute approximate surface area is 114 Å². The topological polar surface area (TPSA) is 0 Å². The Bertz CT molecular complexity index is 606. The maximum atomic E-state index is 13.5. The molecule has 0 nitrogen and oxygen atoms in total. The summed E-state index contributed by atoms with van der Waals surface area (Å²) < 4.78 is 66.5. The standard InChI is InChI=1S/C13H6BrF5/c14-13(12-7(15)2-1-3-8(12)16)6-4-10(18)11(19)5-9(6)17/h1-5,13H. The first-order chi connectivity index (χ1) is 8.91. The molecule has 2 aromatic rings. The first-order valence-electron chi connectivity index (χ1n) is 5.14. The van der Waals surface area contributed by atoms with Crippen molar-refractivity contribution in [2.45, 2.75) is 4.83 Å². The van der Waals surface area contributed by atoms with Crippen molar-refractivity contribution in [2.75, 3.05) is 0 Å². The van der Waals surface area contributed by atoms with Crippen LogP contribution >= 0.6 is 15.9 Å². The monoisotopic (exact) mass is 336 g/mol. The molecular weight excluding hydrogens is 331 g/mol. The van der Waals surface area contributed by atoms with Gasteiger partial charge in [-0.1, -0.05) is 22.0 Å². The molecular formula is C13H6BrF5. The van der Waals surface area contributed by atoms with Crippen molar-refractivity contribution in [1.82, 2.24) is 0 Å².